The Morgan fingerprint density at radius 1 is 0.917 bits per heavy atom. The number of allylic oxidation sites excluding steroid dienone is 3. The standard InChI is InChI=1S/C22H40O2/c1-6-7-8-9-10-11-12-13-14-22(23)24-18-17-21(5)20(4)16-15-19(2)3/h15,17,20H,6-14,16,18H2,1-5H3/b21-17+/t20-/m0/s1. The number of hydrogen-bond acceptors (Lipinski definition) is 2. The Morgan fingerprint density at radius 2 is 1.50 bits per heavy atom. The summed E-state index contributed by atoms with van der Waals surface area (Å²) >= 11 is 0. The van der Waals surface area contributed by atoms with E-state index in [1.165, 1.54) is 49.7 Å². The zero-order valence-electron chi connectivity index (χ0n) is 16.8. The van der Waals surface area contributed by atoms with Crippen LogP contribution >= 0.6 is 0 Å². The first kappa shape index (κ1) is 22.9. The molecule has 0 saturated heterocycles. The predicted octanol–water partition coefficient (Wildman–Crippen LogP) is 7.00. The van der Waals surface area contributed by atoms with Crippen molar-refractivity contribution in [2.24, 2.45) is 5.92 Å². The number of esters is 1. The molecule has 0 aromatic heterocycles. The Labute approximate surface area is 150 Å². The van der Waals surface area contributed by atoms with E-state index >= 15 is 0 Å². The van der Waals surface area contributed by atoms with E-state index in [9.17, 15) is 4.79 Å². The first-order valence-electron chi connectivity index (χ1n) is 9.93. The number of rotatable bonds is 14. The molecule has 2 nitrogen and oxygen atoms in total. The van der Waals surface area contributed by atoms with E-state index in [2.05, 4.69) is 46.8 Å². The van der Waals surface area contributed by atoms with E-state index in [1.807, 2.05) is 0 Å². The Bertz CT molecular complexity index is 375. The number of hydrogen-bond donors (Lipinski definition) is 0. The van der Waals surface area contributed by atoms with Gasteiger partial charge in [-0.3, -0.25) is 4.79 Å². The molecule has 0 aliphatic heterocycles. The maximum atomic E-state index is 11.7. The molecule has 0 spiro atoms. The summed E-state index contributed by atoms with van der Waals surface area (Å²) in [7, 11) is 0. The number of carbonyl (C=O) groups is 1. The molecule has 24 heavy (non-hydrogen) atoms. The van der Waals surface area contributed by atoms with Gasteiger partial charge in [-0.2, -0.15) is 0 Å². The zero-order chi connectivity index (χ0) is 18.2. The average Bonchev–Trinajstić information content (AvgIpc) is 2.54. The lowest BCUT2D eigenvalue weighted by Gasteiger charge is -2.10. The summed E-state index contributed by atoms with van der Waals surface area (Å²) in [6, 6.07) is 0. The third-order valence-corrected chi connectivity index (χ3v) is 4.54. The summed E-state index contributed by atoms with van der Waals surface area (Å²) < 4.78 is 5.32. The van der Waals surface area contributed by atoms with Gasteiger partial charge < -0.3 is 4.74 Å². The molecule has 0 N–H and O–H groups in total. The van der Waals surface area contributed by atoms with Gasteiger partial charge in [0.2, 0.25) is 0 Å². The van der Waals surface area contributed by atoms with Gasteiger partial charge in [-0.25, -0.2) is 0 Å². The molecule has 140 valence electrons. The lowest BCUT2D eigenvalue weighted by molar-refractivity contribution is -0.142. The molecule has 0 aliphatic rings. The van der Waals surface area contributed by atoms with Gasteiger partial charge in [-0.05, 0) is 45.6 Å². The third-order valence-electron chi connectivity index (χ3n) is 4.54. The first-order chi connectivity index (χ1) is 11.5. The monoisotopic (exact) mass is 336 g/mol. The van der Waals surface area contributed by atoms with Gasteiger partial charge in [0.15, 0.2) is 0 Å². The van der Waals surface area contributed by atoms with Crippen molar-refractivity contribution in [2.45, 2.75) is 98.8 Å². The van der Waals surface area contributed by atoms with Crippen molar-refractivity contribution in [1.82, 2.24) is 0 Å². The van der Waals surface area contributed by atoms with Crippen molar-refractivity contribution >= 4 is 5.97 Å². The molecule has 0 aromatic carbocycles. The highest BCUT2D eigenvalue weighted by molar-refractivity contribution is 5.69. The Morgan fingerprint density at radius 3 is 2.08 bits per heavy atom. The Kier molecular flexibility index (Phi) is 14.8. The van der Waals surface area contributed by atoms with Crippen LogP contribution in [-0.2, 0) is 9.53 Å². The van der Waals surface area contributed by atoms with E-state index in [-0.39, 0.29) is 5.97 Å². The number of unbranched alkanes of at least 4 members (excludes halogenated alkanes) is 7. The second-order valence-corrected chi connectivity index (χ2v) is 7.27. The van der Waals surface area contributed by atoms with Crippen LogP contribution in [0.4, 0.5) is 0 Å². The fourth-order valence-corrected chi connectivity index (χ4v) is 2.54. The molecular formula is C22H40O2. The van der Waals surface area contributed by atoms with Crippen LogP contribution in [0.25, 0.3) is 0 Å². The molecule has 0 saturated carbocycles. The molecule has 0 aromatic rings. The summed E-state index contributed by atoms with van der Waals surface area (Å²) in [5, 5.41) is 0. The van der Waals surface area contributed by atoms with Gasteiger partial charge in [-0.15, -0.1) is 0 Å². The maximum absolute atomic E-state index is 11.7. The minimum absolute atomic E-state index is 0.0537. The quantitative estimate of drug-likeness (QED) is 0.194. The molecule has 0 aliphatic carbocycles. The van der Waals surface area contributed by atoms with Crippen LogP contribution in [0.15, 0.2) is 23.3 Å². The fraction of sp³-hybridized carbons (Fsp3) is 0.773. The highest BCUT2D eigenvalue weighted by Gasteiger charge is 2.04. The van der Waals surface area contributed by atoms with E-state index in [0.717, 1.165) is 19.3 Å². The maximum Gasteiger partial charge on any atom is 0.306 e. The molecule has 0 unspecified atom stereocenters. The van der Waals surface area contributed by atoms with Crippen LogP contribution in [0.5, 0.6) is 0 Å². The first-order valence-corrected chi connectivity index (χ1v) is 9.93. The van der Waals surface area contributed by atoms with Crippen molar-refractivity contribution in [3.63, 3.8) is 0 Å². The van der Waals surface area contributed by atoms with Crippen molar-refractivity contribution in [2.75, 3.05) is 6.61 Å². The van der Waals surface area contributed by atoms with Crippen molar-refractivity contribution in [1.29, 1.82) is 0 Å². The van der Waals surface area contributed by atoms with Gasteiger partial charge >= 0.3 is 5.97 Å². The van der Waals surface area contributed by atoms with Gasteiger partial charge in [0.25, 0.3) is 0 Å². The SMILES string of the molecule is CCCCCCCCCCC(=O)OC/C=C(\C)[C@@H](C)CC=C(C)C. The lowest BCUT2D eigenvalue weighted by atomic mass is 9.98. The topological polar surface area (TPSA) is 26.3 Å². The smallest absolute Gasteiger partial charge is 0.306 e. The van der Waals surface area contributed by atoms with Crippen LogP contribution in [0, 0.1) is 5.92 Å². The summed E-state index contributed by atoms with van der Waals surface area (Å²) in [4.78, 5) is 11.7. The molecule has 0 heterocycles. The summed E-state index contributed by atoms with van der Waals surface area (Å²) in [6.45, 7) is 11.2. The summed E-state index contributed by atoms with van der Waals surface area (Å²) in [6.07, 6.45) is 15.9. The van der Waals surface area contributed by atoms with E-state index in [0.29, 0.717) is 18.9 Å². The van der Waals surface area contributed by atoms with E-state index < -0.39 is 0 Å². The predicted molar refractivity (Wildman–Crippen MR) is 105 cm³/mol. The second kappa shape index (κ2) is 15.5. The van der Waals surface area contributed by atoms with Crippen LogP contribution in [0.2, 0.25) is 0 Å². The second-order valence-electron chi connectivity index (χ2n) is 7.27. The highest BCUT2D eigenvalue weighted by Crippen LogP contribution is 2.15. The lowest BCUT2D eigenvalue weighted by Crippen LogP contribution is -2.05. The van der Waals surface area contributed by atoms with Gasteiger partial charge in [0, 0.05) is 6.42 Å². The van der Waals surface area contributed by atoms with Crippen LogP contribution in [0.1, 0.15) is 98.8 Å². The van der Waals surface area contributed by atoms with Gasteiger partial charge in [0.1, 0.15) is 6.61 Å². The van der Waals surface area contributed by atoms with Crippen molar-refractivity contribution in [3.05, 3.63) is 23.3 Å². The molecule has 2 heteroatoms. The molecule has 0 fully saturated rings. The number of ether oxygens (including phenoxy) is 1. The van der Waals surface area contributed by atoms with E-state index in [1.54, 1.807) is 0 Å². The average molecular weight is 337 g/mol. The fourth-order valence-electron chi connectivity index (χ4n) is 2.54. The molecule has 0 amide bonds. The molecule has 0 rings (SSSR count). The summed E-state index contributed by atoms with van der Waals surface area (Å²) in [5.74, 6) is 0.452. The molecule has 0 bridgehead atoms. The highest BCUT2D eigenvalue weighted by atomic mass is 16.5. The molecule has 1 atom stereocenters. The Balaban J connectivity index is 3.67. The summed E-state index contributed by atoms with van der Waals surface area (Å²) in [5.41, 5.74) is 2.65. The number of carbonyl (C=O) groups excluding carboxylic acids is 1. The Hall–Kier alpha value is -1.05. The van der Waals surface area contributed by atoms with Crippen molar-refractivity contribution in [3.8, 4) is 0 Å². The molecular weight excluding hydrogens is 296 g/mol. The van der Waals surface area contributed by atoms with Gasteiger partial charge in [-0.1, -0.05) is 76.0 Å². The minimum Gasteiger partial charge on any atom is -0.461 e. The zero-order valence-corrected chi connectivity index (χ0v) is 16.8. The van der Waals surface area contributed by atoms with E-state index in [4.69, 9.17) is 4.74 Å². The van der Waals surface area contributed by atoms with Crippen LogP contribution in [0.3, 0.4) is 0 Å². The normalized spacial score (nSPS) is 12.8. The van der Waals surface area contributed by atoms with Crippen LogP contribution in [-0.4, -0.2) is 12.6 Å². The van der Waals surface area contributed by atoms with Crippen LogP contribution < -0.4 is 0 Å². The third kappa shape index (κ3) is 14.5. The van der Waals surface area contributed by atoms with Gasteiger partial charge in [0.05, 0.1) is 0 Å². The minimum atomic E-state index is -0.0537. The largest absolute Gasteiger partial charge is 0.461 e. The van der Waals surface area contributed by atoms with Crippen molar-refractivity contribution < 1.29 is 9.53 Å². The molecule has 0 radical (unpaired) electrons.